The van der Waals surface area contributed by atoms with Gasteiger partial charge in [0, 0.05) is 5.02 Å². The minimum absolute atomic E-state index is 0.0411. The van der Waals surface area contributed by atoms with Crippen molar-refractivity contribution in [2.75, 3.05) is 5.94 Å². The molecule has 2 aromatic rings. The number of phenols is 1. The summed E-state index contributed by atoms with van der Waals surface area (Å²) in [5, 5.41) is 10.5. The molecule has 106 valence electrons. The van der Waals surface area contributed by atoms with Crippen LogP contribution < -0.4 is 4.74 Å². The van der Waals surface area contributed by atoms with Crippen molar-refractivity contribution in [2.24, 2.45) is 0 Å². The number of carbonyl (C=O) groups is 1. The molecule has 0 aliphatic carbocycles. The Morgan fingerprint density at radius 1 is 1.29 bits per heavy atom. The number of aromatic hydroxyl groups is 1. The molecule has 0 amide bonds. The van der Waals surface area contributed by atoms with E-state index < -0.39 is 0 Å². The number of ether oxygens (including phenoxy) is 1. The van der Waals surface area contributed by atoms with Crippen LogP contribution in [0.25, 0.3) is 6.08 Å². The fourth-order valence-corrected chi connectivity index (χ4v) is 3.18. The largest absolute Gasteiger partial charge is 0.507 e. The lowest BCUT2D eigenvalue weighted by Gasteiger charge is -2.05. The number of benzene rings is 2. The highest BCUT2D eigenvalue weighted by atomic mass is 35.5. The quantitative estimate of drug-likeness (QED) is 0.673. The van der Waals surface area contributed by atoms with E-state index >= 15 is 0 Å². The number of phenolic OH excluding ortho intramolecular Hbond substituents is 1. The van der Waals surface area contributed by atoms with Gasteiger partial charge in [-0.3, -0.25) is 4.79 Å². The molecular formula is C16H11ClO3S. The van der Waals surface area contributed by atoms with Crippen molar-refractivity contribution in [3.63, 3.8) is 0 Å². The normalized spacial score (nSPS) is 13.2. The monoisotopic (exact) mass is 318 g/mol. The predicted octanol–water partition coefficient (Wildman–Crippen LogP) is 4.38. The Labute approximate surface area is 131 Å². The third-order valence-corrected chi connectivity index (χ3v) is 4.36. The average Bonchev–Trinajstić information content (AvgIpc) is 2.94. The summed E-state index contributed by atoms with van der Waals surface area (Å²) in [6.45, 7) is 0. The fraction of sp³-hybridized carbons (Fsp3) is 0.0625. The van der Waals surface area contributed by atoms with Crippen molar-refractivity contribution in [1.82, 2.24) is 0 Å². The van der Waals surface area contributed by atoms with E-state index in [0.29, 0.717) is 21.6 Å². The first-order valence-corrected chi connectivity index (χ1v) is 7.61. The van der Waals surface area contributed by atoms with Gasteiger partial charge in [0.25, 0.3) is 0 Å². The lowest BCUT2D eigenvalue weighted by atomic mass is 10.1. The molecule has 0 radical (unpaired) electrons. The van der Waals surface area contributed by atoms with Gasteiger partial charge >= 0.3 is 0 Å². The van der Waals surface area contributed by atoms with Gasteiger partial charge in [0.1, 0.15) is 17.4 Å². The van der Waals surface area contributed by atoms with Crippen LogP contribution in [-0.4, -0.2) is 16.8 Å². The van der Waals surface area contributed by atoms with Gasteiger partial charge in [-0.15, -0.1) is 0 Å². The Kier molecular flexibility index (Phi) is 3.90. The molecule has 0 atom stereocenters. The summed E-state index contributed by atoms with van der Waals surface area (Å²) < 4.78 is 5.38. The highest BCUT2D eigenvalue weighted by Crippen LogP contribution is 2.42. The van der Waals surface area contributed by atoms with E-state index in [4.69, 9.17) is 16.3 Å². The summed E-state index contributed by atoms with van der Waals surface area (Å²) in [6, 6.07) is 10.4. The summed E-state index contributed by atoms with van der Waals surface area (Å²) in [6.07, 6.45) is 3.05. The zero-order valence-electron chi connectivity index (χ0n) is 10.9. The maximum Gasteiger partial charge on any atom is 0.190 e. The van der Waals surface area contributed by atoms with Gasteiger partial charge in [0.2, 0.25) is 0 Å². The molecule has 1 aliphatic heterocycles. The first kappa shape index (κ1) is 14.0. The minimum Gasteiger partial charge on any atom is -0.507 e. The molecular weight excluding hydrogens is 308 g/mol. The highest BCUT2D eigenvalue weighted by molar-refractivity contribution is 7.99. The summed E-state index contributed by atoms with van der Waals surface area (Å²) in [4.78, 5) is 13.0. The maximum atomic E-state index is 12.4. The summed E-state index contributed by atoms with van der Waals surface area (Å²) in [5.41, 5.74) is 1.03. The zero-order chi connectivity index (χ0) is 14.8. The molecule has 0 unspecified atom stereocenters. The molecule has 2 aromatic carbocycles. The molecule has 1 aliphatic rings. The molecule has 3 nitrogen and oxygen atoms in total. The minimum atomic E-state index is -0.276. The van der Waals surface area contributed by atoms with Crippen LogP contribution in [0.15, 0.2) is 47.4 Å². The van der Waals surface area contributed by atoms with E-state index in [1.54, 1.807) is 18.2 Å². The van der Waals surface area contributed by atoms with Gasteiger partial charge in [0.15, 0.2) is 5.78 Å². The first-order valence-electron chi connectivity index (χ1n) is 6.25. The standard InChI is InChI=1S/C16H11ClO3S/c17-11-4-2-1-3-10(11)5-6-12(18)15-13(19)7-8-14-16(15)21-9-20-14/h1-8,19H,9H2/b6-5+. The Balaban J connectivity index is 1.94. The number of ketones is 1. The van der Waals surface area contributed by atoms with Crippen LogP contribution in [0.4, 0.5) is 0 Å². The van der Waals surface area contributed by atoms with Crippen LogP contribution in [0, 0.1) is 0 Å². The molecule has 0 bridgehead atoms. The molecule has 0 saturated carbocycles. The zero-order valence-corrected chi connectivity index (χ0v) is 12.4. The van der Waals surface area contributed by atoms with E-state index in [0.717, 1.165) is 5.56 Å². The fourth-order valence-electron chi connectivity index (χ4n) is 2.06. The highest BCUT2D eigenvalue weighted by Gasteiger charge is 2.23. The number of thioether (sulfide) groups is 1. The third-order valence-electron chi connectivity index (χ3n) is 3.08. The van der Waals surface area contributed by atoms with Gasteiger partial charge in [-0.05, 0) is 35.9 Å². The summed E-state index contributed by atoms with van der Waals surface area (Å²) in [5.74, 6) is 0.767. The van der Waals surface area contributed by atoms with Crippen LogP contribution in [0.1, 0.15) is 15.9 Å². The van der Waals surface area contributed by atoms with Crippen molar-refractivity contribution in [1.29, 1.82) is 0 Å². The number of rotatable bonds is 3. The molecule has 0 fully saturated rings. The average molecular weight is 319 g/mol. The lowest BCUT2D eigenvalue weighted by molar-refractivity contribution is 0.104. The van der Waals surface area contributed by atoms with Crippen LogP contribution in [-0.2, 0) is 0 Å². The Bertz CT molecular complexity index is 740. The van der Waals surface area contributed by atoms with Crippen LogP contribution >= 0.6 is 23.4 Å². The van der Waals surface area contributed by atoms with Crippen molar-refractivity contribution in [3.05, 3.63) is 58.6 Å². The van der Waals surface area contributed by atoms with Gasteiger partial charge in [0.05, 0.1) is 10.5 Å². The van der Waals surface area contributed by atoms with Crippen molar-refractivity contribution >= 4 is 35.2 Å². The van der Waals surface area contributed by atoms with E-state index in [-0.39, 0.29) is 17.1 Å². The first-order chi connectivity index (χ1) is 10.2. The predicted molar refractivity (Wildman–Crippen MR) is 84.3 cm³/mol. The molecule has 21 heavy (non-hydrogen) atoms. The topological polar surface area (TPSA) is 46.5 Å². The third kappa shape index (κ3) is 2.77. The van der Waals surface area contributed by atoms with Gasteiger partial charge in [-0.2, -0.15) is 0 Å². The maximum absolute atomic E-state index is 12.4. The number of hydrogen-bond donors (Lipinski definition) is 1. The summed E-state index contributed by atoms with van der Waals surface area (Å²) >= 11 is 7.44. The van der Waals surface area contributed by atoms with Crippen molar-refractivity contribution in [3.8, 4) is 11.5 Å². The van der Waals surface area contributed by atoms with Gasteiger partial charge < -0.3 is 9.84 Å². The van der Waals surface area contributed by atoms with Gasteiger partial charge in [-0.1, -0.05) is 41.6 Å². The number of halogens is 1. The molecule has 0 aromatic heterocycles. The summed E-state index contributed by atoms with van der Waals surface area (Å²) in [7, 11) is 0. The Hall–Kier alpha value is -1.91. The second-order valence-electron chi connectivity index (χ2n) is 4.41. The number of fused-ring (bicyclic) bond motifs is 1. The molecule has 0 saturated heterocycles. The number of allylic oxidation sites excluding steroid dienone is 1. The van der Waals surface area contributed by atoms with E-state index in [2.05, 4.69) is 0 Å². The lowest BCUT2D eigenvalue weighted by Crippen LogP contribution is -1.97. The van der Waals surface area contributed by atoms with E-state index in [9.17, 15) is 9.90 Å². The van der Waals surface area contributed by atoms with Crippen LogP contribution in [0.3, 0.4) is 0 Å². The van der Waals surface area contributed by atoms with E-state index in [1.807, 2.05) is 18.2 Å². The number of hydrogen-bond acceptors (Lipinski definition) is 4. The second-order valence-corrected chi connectivity index (χ2v) is 5.75. The molecule has 3 rings (SSSR count). The number of carbonyl (C=O) groups excluding carboxylic acids is 1. The Morgan fingerprint density at radius 2 is 2.10 bits per heavy atom. The van der Waals surface area contributed by atoms with Crippen molar-refractivity contribution in [2.45, 2.75) is 4.90 Å². The molecule has 0 spiro atoms. The van der Waals surface area contributed by atoms with Gasteiger partial charge in [-0.25, -0.2) is 0 Å². The van der Waals surface area contributed by atoms with E-state index in [1.165, 1.54) is 23.9 Å². The van der Waals surface area contributed by atoms with Crippen molar-refractivity contribution < 1.29 is 14.6 Å². The Morgan fingerprint density at radius 3 is 2.90 bits per heavy atom. The molecule has 5 heteroatoms. The SMILES string of the molecule is O=C(/C=C/c1ccccc1Cl)c1c(O)ccc2c1SCO2. The smallest absolute Gasteiger partial charge is 0.190 e. The molecule has 1 N–H and O–H groups in total. The van der Waals surface area contributed by atoms with Crippen LogP contribution in [0.2, 0.25) is 5.02 Å². The molecule has 1 heterocycles. The second kappa shape index (κ2) is 5.84. The van der Waals surface area contributed by atoms with Crippen LogP contribution in [0.5, 0.6) is 11.5 Å².